The zero-order chi connectivity index (χ0) is 14.0. The number of rotatable bonds is 3. The predicted octanol–water partition coefficient (Wildman–Crippen LogP) is 2.27. The Morgan fingerprint density at radius 3 is 2.74 bits per heavy atom. The van der Waals surface area contributed by atoms with Gasteiger partial charge in [0.05, 0.1) is 11.5 Å². The average Bonchev–Trinajstić information content (AvgIpc) is 2.64. The van der Waals surface area contributed by atoms with E-state index < -0.39 is 9.84 Å². The molecule has 1 N–H and O–H groups in total. The van der Waals surface area contributed by atoms with Gasteiger partial charge in [0.1, 0.15) is 0 Å². The summed E-state index contributed by atoms with van der Waals surface area (Å²) in [6.45, 7) is 0.377. The molecular weight excluding hydrogens is 354 g/mol. The van der Waals surface area contributed by atoms with Gasteiger partial charge in [-0.05, 0) is 30.5 Å². The Balaban J connectivity index is 1.95. The van der Waals surface area contributed by atoms with Gasteiger partial charge in [-0.3, -0.25) is 4.79 Å². The number of carbonyl (C=O) groups is 1. The van der Waals surface area contributed by atoms with Crippen LogP contribution in [0.15, 0.2) is 22.7 Å². The van der Waals surface area contributed by atoms with Crippen molar-refractivity contribution in [1.82, 2.24) is 5.32 Å². The first-order chi connectivity index (χ1) is 8.85. The summed E-state index contributed by atoms with van der Waals surface area (Å²) >= 11 is 9.14. The lowest BCUT2D eigenvalue weighted by Crippen LogP contribution is -2.29. The molecule has 1 aliphatic heterocycles. The number of nitrogens with one attached hydrogen (secondary N) is 1. The molecule has 0 radical (unpaired) electrons. The van der Waals surface area contributed by atoms with Crippen LogP contribution in [-0.2, 0) is 9.84 Å². The Morgan fingerprint density at radius 1 is 1.42 bits per heavy atom. The van der Waals surface area contributed by atoms with Gasteiger partial charge in [0.2, 0.25) is 0 Å². The lowest BCUT2D eigenvalue weighted by Gasteiger charge is -2.10. The van der Waals surface area contributed by atoms with Crippen molar-refractivity contribution in [3.05, 3.63) is 33.3 Å². The molecule has 1 unspecified atom stereocenters. The maximum absolute atomic E-state index is 11.9. The van der Waals surface area contributed by atoms with Gasteiger partial charge >= 0.3 is 0 Å². The first-order valence-corrected chi connectivity index (χ1v) is 8.80. The van der Waals surface area contributed by atoms with Gasteiger partial charge in [-0.25, -0.2) is 8.42 Å². The number of halogens is 2. The van der Waals surface area contributed by atoms with E-state index in [9.17, 15) is 13.2 Å². The van der Waals surface area contributed by atoms with E-state index in [0.29, 0.717) is 23.6 Å². The molecule has 1 amide bonds. The van der Waals surface area contributed by atoms with Gasteiger partial charge in [0, 0.05) is 21.6 Å². The van der Waals surface area contributed by atoms with E-state index in [0.717, 1.165) is 4.47 Å². The van der Waals surface area contributed by atoms with Crippen LogP contribution in [0.2, 0.25) is 5.02 Å². The van der Waals surface area contributed by atoms with Crippen LogP contribution < -0.4 is 5.32 Å². The number of benzene rings is 1. The Labute approximate surface area is 125 Å². The minimum Gasteiger partial charge on any atom is -0.352 e. The molecule has 1 aromatic carbocycles. The smallest absolute Gasteiger partial charge is 0.251 e. The normalized spacial score (nSPS) is 21.3. The monoisotopic (exact) mass is 365 g/mol. The zero-order valence-corrected chi connectivity index (χ0v) is 13.2. The first-order valence-electron chi connectivity index (χ1n) is 5.80. The Hall–Kier alpha value is -0.590. The molecule has 104 valence electrons. The van der Waals surface area contributed by atoms with Crippen molar-refractivity contribution in [3.63, 3.8) is 0 Å². The summed E-state index contributed by atoms with van der Waals surface area (Å²) in [5.74, 6) is 0.145. The second kappa shape index (κ2) is 5.81. The summed E-state index contributed by atoms with van der Waals surface area (Å²) in [7, 11) is -2.90. The molecule has 19 heavy (non-hydrogen) atoms. The highest BCUT2D eigenvalue weighted by Gasteiger charge is 2.27. The van der Waals surface area contributed by atoms with Gasteiger partial charge in [0.15, 0.2) is 9.84 Å². The fraction of sp³-hybridized carbons (Fsp3) is 0.417. The Morgan fingerprint density at radius 2 is 2.16 bits per heavy atom. The van der Waals surface area contributed by atoms with Gasteiger partial charge < -0.3 is 5.32 Å². The third kappa shape index (κ3) is 4.19. The van der Waals surface area contributed by atoms with Crippen molar-refractivity contribution in [2.75, 3.05) is 18.1 Å². The van der Waals surface area contributed by atoms with Crippen LogP contribution in [0.5, 0.6) is 0 Å². The van der Waals surface area contributed by atoms with Gasteiger partial charge in [-0.2, -0.15) is 0 Å². The van der Waals surface area contributed by atoms with Gasteiger partial charge in [0.25, 0.3) is 5.91 Å². The molecule has 1 saturated heterocycles. The van der Waals surface area contributed by atoms with Crippen LogP contribution in [0.3, 0.4) is 0 Å². The highest BCUT2D eigenvalue weighted by Crippen LogP contribution is 2.20. The summed E-state index contributed by atoms with van der Waals surface area (Å²) in [4.78, 5) is 11.9. The minimum absolute atomic E-state index is 0.0107. The summed E-state index contributed by atoms with van der Waals surface area (Å²) in [6.07, 6.45) is 0.613. The van der Waals surface area contributed by atoms with Crippen molar-refractivity contribution in [1.29, 1.82) is 0 Å². The van der Waals surface area contributed by atoms with Gasteiger partial charge in [-0.15, -0.1) is 0 Å². The number of hydrogen-bond acceptors (Lipinski definition) is 3. The second-order valence-electron chi connectivity index (χ2n) is 4.64. The molecule has 1 atom stereocenters. The van der Waals surface area contributed by atoms with Crippen molar-refractivity contribution in [3.8, 4) is 0 Å². The van der Waals surface area contributed by atoms with Crippen LogP contribution in [0.25, 0.3) is 0 Å². The Bertz CT molecular complexity index is 583. The fourth-order valence-corrected chi connectivity index (χ4v) is 4.78. The van der Waals surface area contributed by atoms with Crippen LogP contribution >= 0.6 is 27.5 Å². The number of sulfone groups is 1. The largest absolute Gasteiger partial charge is 0.352 e. The molecule has 1 heterocycles. The van der Waals surface area contributed by atoms with Crippen LogP contribution in [0.4, 0.5) is 0 Å². The number of hydrogen-bond donors (Lipinski definition) is 1. The number of carbonyl (C=O) groups excluding carboxylic acids is 1. The molecule has 7 heteroatoms. The highest BCUT2D eigenvalue weighted by molar-refractivity contribution is 9.10. The van der Waals surface area contributed by atoms with Crippen molar-refractivity contribution < 1.29 is 13.2 Å². The van der Waals surface area contributed by atoms with Gasteiger partial charge in [-0.1, -0.05) is 27.5 Å². The van der Waals surface area contributed by atoms with E-state index in [1.807, 2.05) is 0 Å². The lowest BCUT2D eigenvalue weighted by atomic mass is 10.1. The maximum atomic E-state index is 11.9. The molecule has 4 nitrogen and oxygen atoms in total. The lowest BCUT2D eigenvalue weighted by molar-refractivity contribution is 0.0948. The summed E-state index contributed by atoms with van der Waals surface area (Å²) < 4.78 is 23.3. The van der Waals surface area contributed by atoms with Crippen LogP contribution in [-0.4, -0.2) is 32.4 Å². The van der Waals surface area contributed by atoms with E-state index >= 15 is 0 Å². The summed E-state index contributed by atoms with van der Waals surface area (Å²) in [6, 6.07) is 4.95. The third-order valence-corrected chi connectivity index (χ3v) is 5.52. The topological polar surface area (TPSA) is 63.2 Å². The van der Waals surface area contributed by atoms with E-state index in [1.54, 1.807) is 18.2 Å². The fourth-order valence-electron chi connectivity index (χ4n) is 2.06. The van der Waals surface area contributed by atoms with E-state index in [2.05, 4.69) is 21.2 Å². The summed E-state index contributed by atoms with van der Waals surface area (Å²) in [5, 5.41) is 3.23. The zero-order valence-electron chi connectivity index (χ0n) is 10.0. The molecule has 0 aliphatic carbocycles. The molecule has 1 aromatic rings. The highest BCUT2D eigenvalue weighted by atomic mass is 79.9. The predicted molar refractivity (Wildman–Crippen MR) is 78.2 cm³/mol. The maximum Gasteiger partial charge on any atom is 0.251 e. The third-order valence-electron chi connectivity index (χ3n) is 3.00. The van der Waals surface area contributed by atoms with Crippen LogP contribution in [0.1, 0.15) is 16.8 Å². The van der Waals surface area contributed by atoms with E-state index in [1.165, 1.54) is 0 Å². The molecule has 1 aliphatic rings. The summed E-state index contributed by atoms with van der Waals surface area (Å²) in [5.41, 5.74) is 0.459. The molecule has 2 rings (SSSR count). The first kappa shape index (κ1) is 14.8. The van der Waals surface area contributed by atoms with Crippen molar-refractivity contribution in [2.24, 2.45) is 5.92 Å². The Kier molecular flexibility index (Phi) is 4.53. The van der Waals surface area contributed by atoms with Crippen molar-refractivity contribution in [2.45, 2.75) is 6.42 Å². The SMILES string of the molecule is O=C(NCC1CCS(=O)(=O)C1)c1cc(Cl)cc(Br)c1. The minimum atomic E-state index is -2.90. The number of amides is 1. The van der Waals surface area contributed by atoms with Crippen molar-refractivity contribution >= 4 is 43.3 Å². The molecule has 1 fully saturated rings. The molecule has 0 spiro atoms. The standard InChI is InChI=1S/C12H13BrClNO3S/c13-10-3-9(4-11(14)5-10)12(16)15-6-8-1-2-19(17,18)7-8/h3-5,8H,1-2,6-7H2,(H,15,16). The molecule has 0 bridgehead atoms. The molecule has 0 saturated carbocycles. The molecule has 0 aromatic heterocycles. The average molecular weight is 367 g/mol. The quantitative estimate of drug-likeness (QED) is 0.892. The second-order valence-corrected chi connectivity index (χ2v) is 8.22. The van der Waals surface area contributed by atoms with E-state index in [4.69, 9.17) is 11.6 Å². The van der Waals surface area contributed by atoms with E-state index in [-0.39, 0.29) is 23.3 Å². The molecular formula is C12H13BrClNO3S. The van der Waals surface area contributed by atoms with Crippen LogP contribution in [0, 0.1) is 5.92 Å².